The molecule has 3 rings (SSSR count). The fourth-order valence-corrected chi connectivity index (χ4v) is 3.64. The van der Waals surface area contributed by atoms with E-state index in [1.807, 2.05) is 17.0 Å². The third-order valence-corrected chi connectivity index (χ3v) is 5.27. The predicted octanol–water partition coefficient (Wildman–Crippen LogP) is 3.13. The van der Waals surface area contributed by atoms with Gasteiger partial charge in [0.15, 0.2) is 6.10 Å². The highest BCUT2D eigenvalue weighted by Gasteiger charge is 2.38. The van der Waals surface area contributed by atoms with E-state index in [0.717, 1.165) is 39.0 Å². The number of ether oxygens (including phenoxy) is 1. The molecule has 1 amide bonds. The third-order valence-electron chi connectivity index (χ3n) is 4.96. The van der Waals surface area contributed by atoms with Crippen molar-refractivity contribution in [2.75, 3.05) is 26.2 Å². The largest absolute Gasteiger partial charge is 0.479 e. The summed E-state index contributed by atoms with van der Waals surface area (Å²) >= 11 is 6.08. The van der Waals surface area contributed by atoms with Crippen LogP contribution in [0.25, 0.3) is 0 Å². The summed E-state index contributed by atoms with van der Waals surface area (Å²) in [6.07, 6.45) is 2.91. The number of para-hydroxylation sites is 1. The van der Waals surface area contributed by atoms with Crippen molar-refractivity contribution < 1.29 is 9.53 Å². The molecule has 2 aliphatic heterocycles. The maximum absolute atomic E-state index is 12.6. The van der Waals surface area contributed by atoms with Crippen LogP contribution in [0.2, 0.25) is 5.02 Å². The number of nitrogens with zero attached hydrogens (tertiary/aromatic N) is 1. The molecule has 0 bridgehead atoms. The molecule has 1 aromatic carbocycles. The van der Waals surface area contributed by atoms with Gasteiger partial charge in [-0.2, -0.15) is 0 Å². The molecule has 2 heterocycles. The minimum atomic E-state index is -0.504. The van der Waals surface area contributed by atoms with Crippen LogP contribution in [0.15, 0.2) is 24.3 Å². The molecule has 4 nitrogen and oxygen atoms in total. The summed E-state index contributed by atoms with van der Waals surface area (Å²) in [5, 5.41) is 3.98. The minimum absolute atomic E-state index is 0. The van der Waals surface area contributed by atoms with Crippen LogP contribution in [0.4, 0.5) is 0 Å². The molecule has 1 unspecified atom stereocenters. The lowest BCUT2D eigenvalue weighted by atomic mass is 9.78. The van der Waals surface area contributed by atoms with E-state index in [1.54, 1.807) is 19.1 Å². The third kappa shape index (κ3) is 4.11. The molecule has 2 aliphatic rings. The lowest BCUT2D eigenvalue weighted by Crippen LogP contribution is -2.48. The van der Waals surface area contributed by atoms with Crippen LogP contribution in [0.5, 0.6) is 5.75 Å². The average Bonchev–Trinajstić information content (AvgIpc) is 2.98. The second kappa shape index (κ2) is 7.73. The first-order valence-electron chi connectivity index (χ1n) is 8.00. The van der Waals surface area contributed by atoms with Gasteiger partial charge in [0.2, 0.25) is 0 Å². The SMILES string of the molecule is CC(Oc1ccccc1Cl)C(=O)N1CCC2(CCNC2)CC1.Cl. The van der Waals surface area contributed by atoms with E-state index in [0.29, 0.717) is 16.2 Å². The van der Waals surface area contributed by atoms with Crippen molar-refractivity contribution >= 4 is 29.9 Å². The standard InChI is InChI=1S/C17H23ClN2O2.ClH/c1-13(22-15-5-3-2-4-14(15)18)16(21)20-10-7-17(8-11-20)6-9-19-12-17;/h2-5,13,19H,6-12H2,1H3;1H. The van der Waals surface area contributed by atoms with Crippen LogP contribution < -0.4 is 10.1 Å². The van der Waals surface area contributed by atoms with Gasteiger partial charge in [0.25, 0.3) is 5.91 Å². The smallest absolute Gasteiger partial charge is 0.263 e. The number of piperidine rings is 1. The van der Waals surface area contributed by atoms with Gasteiger partial charge in [0.05, 0.1) is 5.02 Å². The van der Waals surface area contributed by atoms with Crippen molar-refractivity contribution in [1.82, 2.24) is 10.2 Å². The Morgan fingerprint density at radius 1 is 1.30 bits per heavy atom. The van der Waals surface area contributed by atoms with Crippen LogP contribution in [-0.4, -0.2) is 43.1 Å². The number of likely N-dealkylation sites (tertiary alicyclic amines) is 1. The van der Waals surface area contributed by atoms with Gasteiger partial charge in [0.1, 0.15) is 5.75 Å². The lowest BCUT2D eigenvalue weighted by Gasteiger charge is -2.39. The molecule has 128 valence electrons. The van der Waals surface area contributed by atoms with Crippen LogP contribution in [0, 0.1) is 5.41 Å². The van der Waals surface area contributed by atoms with E-state index >= 15 is 0 Å². The summed E-state index contributed by atoms with van der Waals surface area (Å²) in [4.78, 5) is 14.5. The summed E-state index contributed by atoms with van der Waals surface area (Å²) in [7, 11) is 0. The van der Waals surface area contributed by atoms with Crippen molar-refractivity contribution in [3.8, 4) is 5.75 Å². The summed E-state index contributed by atoms with van der Waals surface area (Å²) in [6, 6.07) is 7.27. The van der Waals surface area contributed by atoms with E-state index < -0.39 is 6.10 Å². The summed E-state index contributed by atoms with van der Waals surface area (Å²) in [5.74, 6) is 0.624. The molecule has 2 saturated heterocycles. The topological polar surface area (TPSA) is 41.6 Å². The van der Waals surface area contributed by atoms with Crippen molar-refractivity contribution in [1.29, 1.82) is 0 Å². The highest BCUT2D eigenvalue weighted by Crippen LogP contribution is 2.37. The summed E-state index contributed by atoms with van der Waals surface area (Å²) in [6.45, 7) is 5.67. The number of benzene rings is 1. The molecule has 1 spiro atoms. The predicted molar refractivity (Wildman–Crippen MR) is 94.5 cm³/mol. The molecule has 23 heavy (non-hydrogen) atoms. The van der Waals surface area contributed by atoms with Gasteiger partial charge in [-0.05, 0) is 50.3 Å². The Kier molecular flexibility index (Phi) is 6.18. The zero-order valence-corrected chi connectivity index (χ0v) is 15.0. The van der Waals surface area contributed by atoms with Crippen molar-refractivity contribution in [2.45, 2.75) is 32.3 Å². The molecule has 1 aromatic rings. The Hall–Kier alpha value is -0.970. The highest BCUT2D eigenvalue weighted by molar-refractivity contribution is 6.32. The Morgan fingerprint density at radius 3 is 2.61 bits per heavy atom. The second-order valence-corrected chi connectivity index (χ2v) is 6.85. The van der Waals surface area contributed by atoms with E-state index in [-0.39, 0.29) is 18.3 Å². The molecule has 6 heteroatoms. The molecular formula is C17H24Cl2N2O2. The van der Waals surface area contributed by atoms with Crippen molar-refractivity contribution in [3.05, 3.63) is 29.3 Å². The number of hydrogen-bond donors (Lipinski definition) is 1. The van der Waals surface area contributed by atoms with E-state index in [1.165, 1.54) is 6.42 Å². The fourth-order valence-electron chi connectivity index (χ4n) is 3.46. The molecule has 0 aromatic heterocycles. The molecule has 0 saturated carbocycles. The number of halogens is 2. The number of carbonyl (C=O) groups is 1. The number of carbonyl (C=O) groups excluding carboxylic acids is 1. The van der Waals surface area contributed by atoms with Gasteiger partial charge in [-0.25, -0.2) is 0 Å². The first-order chi connectivity index (χ1) is 10.6. The lowest BCUT2D eigenvalue weighted by molar-refractivity contribution is -0.140. The summed E-state index contributed by atoms with van der Waals surface area (Å²) < 4.78 is 5.74. The molecule has 1 N–H and O–H groups in total. The van der Waals surface area contributed by atoms with Crippen LogP contribution in [-0.2, 0) is 4.79 Å². The zero-order chi connectivity index (χ0) is 15.6. The number of hydrogen-bond acceptors (Lipinski definition) is 3. The second-order valence-electron chi connectivity index (χ2n) is 6.44. The van der Waals surface area contributed by atoms with Crippen LogP contribution in [0.1, 0.15) is 26.2 Å². The zero-order valence-electron chi connectivity index (χ0n) is 13.4. The maximum atomic E-state index is 12.6. The fraction of sp³-hybridized carbons (Fsp3) is 0.588. The van der Waals surface area contributed by atoms with Gasteiger partial charge >= 0.3 is 0 Å². The minimum Gasteiger partial charge on any atom is -0.479 e. The Morgan fingerprint density at radius 2 is 2.00 bits per heavy atom. The summed E-state index contributed by atoms with van der Waals surface area (Å²) in [5.41, 5.74) is 0.420. The Bertz CT molecular complexity index is 537. The Labute approximate surface area is 148 Å². The quantitative estimate of drug-likeness (QED) is 0.902. The first-order valence-corrected chi connectivity index (χ1v) is 8.38. The van der Waals surface area contributed by atoms with E-state index in [2.05, 4.69) is 5.32 Å². The molecular weight excluding hydrogens is 335 g/mol. The normalized spacial score (nSPS) is 20.9. The molecule has 2 fully saturated rings. The number of rotatable bonds is 3. The first kappa shape index (κ1) is 18.4. The Balaban J connectivity index is 0.00000192. The van der Waals surface area contributed by atoms with Gasteiger partial charge in [-0.15, -0.1) is 12.4 Å². The van der Waals surface area contributed by atoms with Crippen LogP contribution >= 0.6 is 24.0 Å². The molecule has 0 aliphatic carbocycles. The average molecular weight is 359 g/mol. The van der Waals surface area contributed by atoms with Crippen molar-refractivity contribution in [3.63, 3.8) is 0 Å². The van der Waals surface area contributed by atoms with Crippen LogP contribution in [0.3, 0.4) is 0 Å². The molecule has 1 atom stereocenters. The highest BCUT2D eigenvalue weighted by atomic mass is 35.5. The number of nitrogens with one attached hydrogen (secondary N) is 1. The van der Waals surface area contributed by atoms with E-state index in [4.69, 9.17) is 16.3 Å². The monoisotopic (exact) mass is 358 g/mol. The molecule has 0 radical (unpaired) electrons. The van der Waals surface area contributed by atoms with Crippen molar-refractivity contribution in [2.24, 2.45) is 5.41 Å². The van der Waals surface area contributed by atoms with Gasteiger partial charge < -0.3 is 15.0 Å². The van der Waals surface area contributed by atoms with Gasteiger partial charge in [0, 0.05) is 19.6 Å². The number of amides is 1. The van der Waals surface area contributed by atoms with E-state index in [9.17, 15) is 4.79 Å². The van der Waals surface area contributed by atoms with Gasteiger partial charge in [-0.3, -0.25) is 4.79 Å². The van der Waals surface area contributed by atoms with Gasteiger partial charge in [-0.1, -0.05) is 23.7 Å². The maximum Gasteiger partial charge on any atom is 0.263 e.